The highest BCUT2D eigenvalue weighted by molar-refractivity contribution is 5.84. The van der Waals surface area contributed by atoms with E-state index in [0.29, 0.717) is 13.1 Å². The Morgan fingerprint density at radius 3 is 2.59 bits per heavy atom. The highest BCUT2D eigenvalue weighted by Crippen LogP contribution is 1.92. The number of hydrogen-bond donors (Lipinski definition) is 1. The van der Waals surface area contributed by atoms with Crippen LogP contribution in [0, 0.1) is 0 Å². The van der Waals surface area contributed by atoms with Gasteiger partial charge in [-0.15, -0.1) is 0 Å². The van der Waals surface area contributed by atoms with Crippen LogP contribution in [0.1, 0.15) is 24.3 Å². The molecular formula is C11H17N3O3. The van der Waals surface area contributed by atoms with E-state index in [1.54, 1.807) is 0 Å². The molecule has 0 spiro atoms. The standard InChI is InChI=1S/C11H17N3O3/c1-3-13(4-2)7-8-14-10(15)6-5-9(12-14)11(16)17/h5-6H,3-4,7-8H2,1-2H3,(H,16,17). The van der Waals surface area contributed by atoms with Gasteiger partial charge in [0.15, 0.2) is 5.69 Å². The number of nitrogens with zero attached hydrogens (tertiary/aromatic N) is 3. The van der Waals surface area contributed by atoms with Gasteiger partial charge >= 0.3 is 5.97 Å². The molecule has 1 aromatic rings. The predicted octanol–water partition coefficient (Wildman–Crippen LogP) is 0.283. The minimum absolute atomic E-state index is 0.107. The van der Waals surface area contributed by atoms with Crippen molar-refractivity contribution in [1.29, 1.82) is 0 Å². The molecule has 94 valence electrons. The SMILES string of the molecule is CCN(CC)CCn1nc(C(=O)O)ccc1=O. The summed E-state index contributed by atoms with van der Waals surface area (Å²) in [6.45, 7) is 6.94. The zero-order chi connectivity index (χ0) is 12.8. The minimum Gasteiger partial charge on any atom is -0.476 e. The molecule has 0 radical (unpaired) electrons. The van der Waals surface area contributed by atoms with E-state index in [4.69, 9.17) is 5.11 Å². The zero-order valence-corrected chi connectivity index (χ0v) is 10.1. The molecule has 0 aliphatic heterocycles. The summed E-state index contributed by atoms with van der Waals surface area (Å²) in [5.74, 6) is -1.12. The van der Waals surface area contributed by atoms with Crippen LogP contribution in [0.4, 0.5) is 0 Å². The Balaban J connectivity index is 2.79. The molecule has 0 unspecified atom stereocenters. The average molecular weight is 239 g/mol. The normalized spacial score (nSPS) is 10.8. The second kappa shape index (κ2) is 6.15. The van der Waals surface area contributed by atoms with Crippen molar-refractivity contribution < 1.29 is 9.90 Å². The van der Waals surface area contributed by atoms with Crippen molar-refractivity contribution in [3.63, 3.8) is 0 Å². The Morgan fingerprint density at radius 2 is 2.06 bits per heavy atom. The topological polar surface area (TPSA) is 75.4 Å². The molecule has 17 heavy (non-hydrogen) atoms. The van der Waals surface area contributed by atoms with E-state index in [-0.39, 0.29) is 11.3 Å². The molecule has 1 aromatic heterocycles. The van der Waals surface area contributed by atoms with Gasteiger partial charge in [0, 0.05) is 12.6 Å². The molecule has 0 saturated carbocycles. The van der Waals surface area contributed by atoms with Crippen LogP contribution in [-0.2, 0) is 6.54 Å². The summed E-state index contributed by atoms with van der Waals surface area (Å²) in [4.78, 5) is 24.3. The number of carbonyl (C=O) groups is 1. The molecule has 0 fully saturated rings. The first-order chi connectivity index (χ1) is 8.08. The fourth-order valence-electron chi connectivity index (χ4n) is 1.50. The van der Waals surface area contributed by atoms with E-state index in [2.05, 4.69) is 10.00 Å². The summed E-state index contributed by atoms with van der Waals surface area (Å²) in [6.07, 6.45) is 0. The lowest BCUT2D eigenvalue weighted by Gasteiger charge is -2.17. The van der Waals surface area contributed by atoms with Gasteiger partial charge in [-0.1, -0.05) is 13.8 Å². The van der Waals surface area contributed by atoms with E-state index in [9.17, 15) is 9.59 Å². The smallest absolute Gasteiger partial charge is 0.356 e. The lowest BCUT2D eigenvalue weighted by Crippen LogP contribution is -2.32. The van der Waals surface area contributed by atoms with Crippen LogP contribution in [0.5, 0.6) is 0 Å². The van der Waals surface area contributed by atoms with Crippen LogP contribution < -0.4 is 5.56 Å². The van der Waals surface area contributed by atoms with E-state index in [1.165, 1.54) is 16.8 Å². The predicted molar refractivity (Wildman–Crippen MR) is 63.2 cm³/mol. The van der Waals surface area contributed by atoms with Gasteiger partial charge in [0.1, 0.15) is 0 Å². The monoisotopic (exact) mass is 239 g/mol. The quantitative estimate of drug-likeness (QED) is 0.772. The highest BCUT2D eigenvalue weighted by atomic mass is 16.4. The largest absolute Gasteiger partial charge is 0.476 e. The van der Waals surface area contributed by atoms with Gasteiger partial charge in [0.25, 0.3) is 5.56 Å². The van der Waals surface area contributed by atoms with Gasteiger partial charge in [-0.2, -0.15) is 5.10 Å². The second-order valence-corrected chi connectivity index (χ2v) is 3.61. The van der Waals surface area contributed by atoms with E-state index in [1.807, 2.05) is 13.8 Å². The summed E-state index contributed by atoms with van der Waals surface area (Å²) >= 11 is 0. The van der Waals surface area contributed by atoms with Crippen molar-refractivity contribution in [2.75, 3.05) is 19.6 Å². The van der Waals surface area contributed by atoms with Crippen LogP contribution in [0.2, 0.25) is 0 Å². The van der Waals surface area contributed by atoms with Gasteiger partial charge in [-0.25, -0.2) is 9.48 Å². The zero-order valence-electron chi connectivity index (χ0n) is 10.1. The third-order valence-corrected chi connectivity index (χ3v) is 2.61. The summed E-state index contributed by atoms with van der Waals surface area (Å²) in [5.41, 5.74) is -0.383. The van der Waals surface area contributed by atoms with Crippen molar-refractivity contribution in [2.24, 2.45) is 0 Å². The molecule has 0 aromatic carbocycles. The number of carboxylic acids is 1. The number of aromatic nitrogens is 2. The number of likely N-dealkylation sites (N-methyl/N-ethyl adjacent to an activating group) is 1. The van der Waals surface area contributed by atoms with Gasteiger partial charge < -0.3 is 10.0 Å². The minimum atomic E-state index is -1.12. The summed E-state index contributed by atoms with van der Waals surface area (Å²) in [6, 6.07) is 2.46. The second-order valence-electron chi connectivity index (χ2n) is 3.61. The molecule has 0 atom stereocenters. The first kappa shape index (κ1) is 13.4. The van der Waals surface area contributed by atoms with Gasteiger partial charge in [0.05, 0.1) is 6.54 Å². The van der Waals surface area contributed by atoms with Crippen molar-refractivity contribution in [3.8, 4) is 0 Å². The molecular weight excluding hydrogens is 222 g/mol. The molecule has 0 aliphatic rings. The van der Waals surface area contributed by atoms with Crippen molar-refractivity contribution in [3.05, 3.63) is 28.2 Å². The Hall–Kier alpha value is -1.69. The molecule has 6 heteroatoms. The molecule has 0 bridgehead atoms. The third kappa shape index (κ3) is 3.67. The number of aromatic carboxylic acids is 1. The maximum absolute atomic E-state index is 11.5. The molecule has 1 heterocycles. The van der Waals surface area contributed by atoms with Crippen LogP contribution in [-0.4, -0.2) is 45.4 Å². The maximum atomic E-state index is 11.5. The van der Waals surface area contributed by atoms with Crippen molar-refractivity contribution in [1.82, 2.24) is 14.7 Å². The summed E-state index contributed by atoms with van der Waals surface area (Å²) < 4.78 is 1.20. The molecule has 6 nitrogen and oxygen atoms in total. The summed E-state index contributed by atoms with van der Waals surface area (Å²) in [7, 11) is 0. The highest BCUT2D eigenvalue weighted by Gasteiger charge is 2.07. The Labute approximate surface area is 99.5 Å². The number of rotatable bonds is 6. The average Bonchev–Trinajstić information content (AvgIpc) is 2.32. The molecule has 0 aliphatic carbocycles. The van der Waals surface area contributed by atoms with Crippen LogP contribution >= 0.6 is 0 Å². The first-order valence-corrected chi connectivity index (χ1v) is 5.62. The van der Waals surface area contributed by atoms with Crippen LogP contribution in [0.25, 0.3) is 0 Å². The number of carboxylic acid groups (broad SMARTS) is 1. The van der Waals surface area contributed by atoms with E-state index < -0.39 is 5.97 Å². The van der Waals surface area contributed by atoms with Crippen LogP contribution in [0.3, 0.4) is 0 Å². The summed E-state index contributed by atoms with van der Waals surface area (Å²) in [5, 5.41) is 12.6. The van der Waals surface area contributed by atoms with Gasteiger partial charge in [0.2, 0.25) is 0 Å². The van der Waals surface area contributed by atoms with Crippen LogP contribution in [0.15, 0.2) is 16.9 Å². The molecule has 1 N–H and O–H groups in total. The molecule has 0 amide bonds. The number of hydrogen-bond acceptors (Lipinski definition) is 4. The molecule has 1 rings (SSSR count). The van der Waals surface area contributed by atoms with Gasteiger partial charge in [-0.05, 0) is 19.2 Å². The van der Waals surface area contributed by atoms with Crippen molar-refractivity contribution >= 4 is 5.97 Å². The third-order valence-electron chi connectivity index (χ3n) is 2.61. The Kier molecular flexibility index (Phi) is 4.84. The van der Waals surface area contributed by atoms with Crippen molar-refractivity contribution in [2.45, 2.75) is 20.4 Å². The maximum Gasteiger partial charge on any atom is 0.356 e. The first-order valence-electron chi connectivity index (χ1n) is 5.62. The lowest BCUT2D eigenvalue weighted by atomic mass is 10.4. The molecule has 0 saturated heterocycles. The van der Waals surface area contributed by atoms with Gasteiger partial charge in [-0.3, -0.25) is 4.79 Å². The Morgan fingerprint density at radius 1 is 1.41 bits per heavy atom. The lowest BCUT2D eigenvalue weighted by molar-refractivity contribution is 0.0687. The fourth-order valence-corrected chi connectivity index (χ4v) is 1.50. The fraction of sp³-hybridized carbons (Fsp3) is 0.545. The Bertz CT molecular complexity index is 438. The van der Waals surface area contributed by atoms with E-state index >= 15 is 0 Å². The van der Waals surface area contributed by atoms with E-state index in [0.717, 1.165) is 13.1 Å².